The van der Waals surface area contributed by atoms with Crippen LogP contribution in [0.4, 0.5) is 0 Å². The minimum Gasteiger partial charge on any atom is -0.508 e. The Balaban J connectivity index is 2.18. The van der Waals surface area contributed by atoms with Crippen molar-refractivity contribution in [2.45, 2.75) is 32.4 Å². The second-order valence-electron chi connectivity index (χ2n) is 4.57. The predicted octanol–water partition coefficient (Wildman–Crippen LogP) is 5.02. The summed E-state index contributed by atoms with van der Waals surface area (Å²) in [5.74, 6) is 0.348. The average molecular weight is 340 g/mol. The zero-order valence-electron chi connectivity index (χ0n) is 11.1. The summed E-state index contributed by atoms with van der Waals surface area (Å²) in [6.07, 6.45) is 0.930. The Morgan fingerprint density at radius 1 is 1.37 bits per heavy atom. The number of thiophene rings is 1. The van der Waals surface area contributed by atoms with E-state index in [1.165, 1.54) is 4.88 Å². The van der Waals surface area contributed by atoms with Gasteiger partial charge in [-0.1, -0.05) is 28.9 Å². The Bertz CT molecular complexity index is 527. The van der Waals surface area contributed by atoms with Gasteiger partial charge >= 0.3 is 0 Å². The van der Waals surface area contributed by atoms with Crippen LogP contribution >= 0.6 is 27.3 Å². The molecule has 19 heavy (non-hydrogen) atoms. The molecule has 0 saturated heterocycles. The monoisotopic (exact) mass is 339 g/mol. The molecular weight excluding hydrogens is 322 g/mol. The highest BCUT2D eigenvalue weighted by Crippen LogP contribution is 2.31. The van der Waals surface area contributed by atoms with E-state index in [1.807, 2.05) is 12.1 Å². The molecule has 0 bridgehead atoms. The van der Waals surface area contributed by atoms with Crippen molar-refractivity contribution in [2.24, 2.45) is 0 Å². The maximum Gasteiger partial charge on any atom is 0.120 e. The summed E-state index contributed by atoms with van der Waals surface area (Å²) >= 11 is 5.21. The number of halogens is 1. The van der Waals surface area contributed by atoms with Gasteiger partial charge in [0.25, 0.3) is 0 Å². The summed E-state index contributed by atoms with van der Waals surface area (Å²) in [6, 6.07) is 10.2. The third kappa shape index (κ3) is 3.59. The molecule has 102 valence electrons. The van der Waals surface area contributed by atoms with E-state index in [1.54, 1.807) is 17.4 Å². The number of hydrogen-bond donors (Lipinski definition) is 2. The van der Waals surface area contributed by atoms with E-state index in [2.05, 4.69) is 52.6 Å². The summed E-state index contributed by atoms with van der Waals surface area (Å²) in [5.41, 5.74) is 0.945. The number of phenols is 1. The van der Waals surface area contributed by atoms with Crippen LogP contribution in [0.3, 0.4) is 0 Å². The van der Waals surface area contributed by atoms with E-state index in [4.69, 9.17) is 0 Å². The molecule has 1 aromatic carbocycles. The average Bonchev–Trinajstić information content (AvgIpc) is 2.93. The third-order valence-electron chi connectivity index (χ3n) is 3.19. The van der Waals surface area contributed by atoms with Gasteiger partial charge < -0.3 is 10.4 Å². The Labute approximate surface area is 126 Å². The fourth-order valence-corrected chi connectivity index (χ4v) is 3.28. The van der Waals surface area contributed by atoms with E-state index in [9.17, 15) is 5.11 Å². The third-order valence-corrected chi connectivity index (χ3v) is 4.74. The molecule has 0 radical (unpaired) electrons. The second kappa shape index (κ2) is 6.55. The predicted molar refractivity (Wildman–Crippen MR) is 84.7 cm³/mol. The summed E-state index contributed by atoms with van der Waals surface area (Å²) in [7, 11) is 0. The first-order valence-corrected chi connectivity index (χ1v) is 8.07. The highest BCUT2D eigenvalue weighted by atomic mass is 79.9. The smallest absolute Gasteiger partial charge is 0.120 e. The SMILES string of the molecule is CCC(N[C@@H](C)c1cccs1)c1cc(Br)ccc1O. The number of hydrogen-bond acceptors (Lipinski definition) is 3. The molecule has 0 aliphatic heterocycles. The van der Waals surface area contributed by atoms with Crippen LogP contribution in [0.1, 0.15) is 42.8 Å². The molecule has 2 rings (SSSR count). The lowest BCUT2D eigenvalue weighted by atomic mass is 10.0. The summed E-state index contributed by atoms with van der Waals surface area (Å²) in [5, 5.41) is 15.7. The Morgan fingerprint density at radius 2 is 2.16 bits per heavy atom. The molecule has 0 aliphatic rings. The van der Waals surface area contributed by atoms with Crippen molar-refractivity contribution < 1.29 is 5.11 Å². The lowest BCUT2D eigenvalue weighted by Gasteiger charge is -2.23. The number of benzene rings is 1. The molecule has 0 spiro atoms. The van der Waals surface area contributed by atoms with Gasteiger partial charge in [-0.2, -0.15) is 0 Å². The molecule has 0 fully saturated rings. The van der Waals surface area contributed by atoms with Crippen LogP contribution in [0.15, 0.2) is 40.2 Å². The van der Waals surface area contributed by atoms with E-state index in [-0.39, 0.29) is 12.1 Å². The zero-order valence-corrected chi connectivity index (χ0v) is 13.5. The van der Waals surface area contributed by atoms with Gasteiger partial charge in [-0.15, -0.1) is 11.3 Å². The fraction of sp³-hybridized carbons (Fsp3) is 0.333. The van der Waals surface area contributed by atoms with Crippen molar-refractivity contribution in [3.8, 4) is 5.75 Å². The molecule has 4 heteroatoms. The lowest BCUT2D eigenvalue weighted by molar-refractivity contribution is 0.421. The first kappa shape index (κ1) is 14.6. The normalized spacial score (nSPS) is 14.3. The highest BCUT2D eigenvalue weighted by molar-refractivity contribution is 9.10. The summed E-state index contributed by atoms with van der Waals surface area (Å²) < 4.78 is 0.990. The van der Waals surface area contributed by atoms with E-state index >= 15 is 0 Å². The largest absolute Gasteiger partial charge is 0.508 e. The minimum absolute atomic E-state index is 0.148. The van der Waals surface area contributed by atoms with Gasteiger partial charge in [-0.25, -0.2) is 0 Å². The van der Waals surface area contributed by atoms with Crippen LogP contribution in [0, 0.1) is 0 Å². The van der Waals surface area contributed by atoms with Crippen molar-refractivity contribution in [1.29, 1.82) is 0 Å². The van der Waals surface area contributed by atoms with Crippen molar-refractivity contribution in [1.82, 2.24) is 5.32 Å². The highest BCUT2D eigenvalue weighted by Gasteiger charge is 2.17. The van der Waals surface area contributed by atoms with E-state index < -0.39 is 0 Å². The first-order valence-electron chi connectivity index (χ1n) is 6.39. The van der Waals surface area contributed by atoms with Crippen LogP contribution in [0.2, 0.25) is 0 Å². The lowest BCUT2D eigenvalue weighted by Crippen LogP contribution is -2.23. The minimum atomic E-state index is 0.148. The molecular formula is C15H18BrNOS. The van der Waals surface area contributed by atoms with Crippen molar-refractivity contribution in [3.63, 3.8) is 0 Å². The molecule has 0 aliphatic carbocycles. The van der Waals surface area contributed by atoms with Gasteiger partial charge in [0.1, 0.15) is 5.75 Å². The van der Waals surface area contributed by atoms with E-state index in [0.717, 1.165) is 16.5 Å². The molecule has 2 atom stereocenters. The standard InChI is InChI=1S/C15H18BrNOS/c1-3-13(12-9-11(16)6-7-14(12)18)17-10(2)15-5-4-8-19-15/h4-10,13,17-18H,3H2,1-2H3/t10-,13?/m0/s1. The Morgan fingerprint density at radius 3 is 2.79 bits per heavy atom. The first-order chi connectivity index (χ1) is 9.11. The fourth-order valence-electron chi connectivity index (χ4n) is 2.15. The van der Waals surface area contributed by atoms with Crippen molar-refractivity contribution >= 4 is 27.3 Å². The molecule has 0 saturated carbocycles. The van der Waals surface area contributed by atoms with Gasteiger partial charge in [0, 0.05) is 27.0 Å². The molecule has 2 aromatic rings. The number of rotatable bonds is 5. The van der Waals surface area contributed by atoms with Gasteiger partial charge in [0.15, 0.2) is 0 Å². The number of nitrogens with one attached hydrogen (secondary N) is 1. The maximum absolute atomic E-state index is 10.0. The molecule has 2 nitrogen and oxygen atoms in total. The van der Waals surface area contributed by atoms with Crippen LogP contribution in [0.5, 0.6) is 5.75 Å². The van der Waals surface area contributed by atoms with E-state index in [0.29, 0.717) is 5.75 Å². The van der Waals surface area contributed by atoms with Gasteiger partial charge in [0.05, 0.1) is 0 Å². The molecule has 2 N–H and O–H groups in total. The quantitative estimate of drug-likeness (QED) is 0.801. The topological polar surface area (TPSA) is 32.3 Å². The molecule has 1 unspecified atom stereocenters. The molecule has 1 aromatic heterocycles. The summed E-state index contributed by atoms with van der Waals surface area (Å²) in [4.78, 5) is 1.31. The van der Waals surface area contributed by atoms with Crippen LogP contribution in [-0.2, 0) is 0 Å². The molecule has 0 amide bonds. The number of phenolic OH excluding ortho intramolecular Hbond substituents is 1. The molecule has 1 heterocycles. The summed E-state index contributed by atoms with van der Waals surface area (Å²) in [6.45, 7) is 4.28. The van der Waals surface area contributed by atoms with Crippen LogP contribution in [-0.4, -0.2) is 5.11 Å². The maximum atomic E-state index is 10.0. The van der Waals surface area contributed by atoms with Crippen LogP contribution in [0.25, 0.3) is 0 Å². The zero-order chi connectivity index (χ0) is 13.8. The van der Waals surface area contributed by atoms with Crippen molar-refractivity contribution in [3.05, 3.63) is 50.6 Å². The van der Waals surface area contributed by atoms with Gasteiger partial charge in [0.2, 0.25) is 0 Å². The van der Waals surface area contributed by atoms with Crippen molar-refractivity contribution in [2.75, 3.05) is 0 Å². The van der Waals surface area contributed by atoms with Gasteiger partial charge in [-0.3, -0.25) is 0 Å². The second-order valence-corrected chi connectivity index (χ2v) is 6.46. The Hall–Kier alpha value is -0.840. The van der Waals surface area contributed by atoms with Gasteiger partial charge in [-0.05, 0) is 43.0 Å². The Kier molecular flexibility index (Phi) is 5.02. The van der Waals surface area contributed by atoms with Crippen LogP contribution < -0.4 is 5.32 Å². The number of aromatic hydroxyl groups is 1.